The predicted octanol–water partition coefficient (Wildman–Crippen LogP) is 3.20. The van der Waals surface area contributed by atoms with Crippen LogP contribution in [0.5, 0.6) is 0 Å². The molecule has 0 radical (unpaired) electrons. The summed E-state index contributed by atoms with van der Waals surface area (Å²) in [7, 11) is 0. The fraction of sp³-hybridized carbons (Fsp3) is 0.450. The number of nitrogens with zero attached hydrogens (tertiary/aromatic N) is 2. The Hall–Kier alpha value is -2.63. The maximum atomic E-state index is 12.1. The summed E-state index contributed by atoms with van der Waals surface area (Å²) in [6.45, 7) is 6.16. The van der Waals surface area contributed by atoms with Gasteiger partial charge in [-0.3, -0.25) is 4.79 Å². The van der Waals surface area contributed by atoms with E-state index in [1.165, 1.54) is 0 Å². The highest BCUT2D eigenvalue weighted by atomic mass is 16.4. The number of aliphatic carboxylic acids is 1. The van der Waals surface area contributed by atoms with Gasteiger partial charge in [0.25, 0.3) is 0 Å². The normalized spacial score (nSPS) is 12.6. The minimum absolute atomic E-state index is 0.0322. The lowest BCUT2D eigenvalue weighted by Crippen LogP contribution is -2.41. The van der Waals surface area contributed by atoms with Gasteiger partial charge in [-0.25, -0.2) is 9.48 Å². The van der Waals surface area contributed by atoms with Crippen molar-refractivity contribution in [3.8, 4) is 5.69 Å². The van der Waals surface area contributed by atoms with Crippen molar-refractivity contribution in [1.82, 2.24) is 15.1 Å². The van der Waals surface area contributed by atoms with Gasteiger partial charge in [0.2, 0.25) is 5.91 Å². The third-order valence-corrected chi connectivity index (χ3v) is 4.11. The van der Waals surface area contributed by atoms with E-state index in [1.807, 2.05) is 36.5 Å². The zero-order valence-corrected chi connectivity index (χ0v) is 15.6. The minimum Gasteiger partial charge on any atom is -0.480 e. The molecule has 1 heterocycles. The van der Waals surface area contributed by atoms with Crippen LogP contribution in [-0.2, 0) is 16.0 Å². The number of carbonyl (C=O) groups excluding carboxylic acids is 1. The van der Waals surface area contributed by atoms with E-state index in [2.05, 4.69) is 31.2 Å². The maximum Gasteiger partial charge on any atom is 0.326 e. The van der Waals surface area contributed by atoms with Crippen molar-refractivity contribution < 1.29 is 14.7 Å². The second-order valence-electron chi connectivity index (χ2n) is 7.69. The van der Waals surface area contributed by atoms with Crippen LogP contribution in [0.2, 0.25) is 0 Å². The summed E-state index contributed by atoms with van der Waals surface area (Å²) in [5.74, 6) is -1.24. The monoisotopic (exact) mass is 357 g/mol. The molecule has 2 N–H and O–H groups in total. The number of carboxylic acid groups (broad SMARTS) is 1. The standard InChI is InChI=1S/C20H27N3O3/c1-20(2,3)12-11-17(19(25)26)22-18(24)10-9-15-13-21-23(14-15)16-7-5-4-6-8-16/h4-8,13-14,17H,9-12H2,1-3H3,(H,22,24)(H,25,26). The number of benzene rings is 1. The zero-order valence-electron chi connectivity index (χ0n) is 15.6. The molecule has 6 nitrogen and oxygen atoms in total. The Morgan fingerprint density at radius 2 is 1.92 bits per heavy atom. The highest BCUT2D eigenvalue weighted by molar-refractivity contribution is 5.83. The first-order valence-corrected chi connectivity index (χ1v) is 8.86. The van der Waals surface area contributed by atoms with Crippen molar-refractivity contribution in [2.75, 3.05) is 0 Å². The number of aromatic nitrogens is 2. The van der Waals surface area contributed by atoms with Gasteiger partial charge in [-0.05, 0) is 42.4 Å². The summed E-state index contributed by atoms with van der Waals surface area (Å²) in [6.07, 6.45) is 5.53. The molecule has 0 spiro atoms. The van der Waals surface area contributed by atoms with Crippen LogP contribution < -0.4 is 5.32 Å². The quantitative estimate of drug-likeness (QED) is 0.760. The molecule has 2 aromatic rings. The van der Waals surface area contributed by atoms with Crippen LogP contribution in [0.25, 0.3) is 5.69 Å². The van der Waals surface area contributed by atoms with Gasteiger partial charge in [0.15, 0.2) is 0 Å². The molecule has 0 fully saturated rings. The van der Waals surface area contributed by atoms with Crippen LogP contribution in [0.15, 0.2) is 42.7 Å². The fourth-order valence-corrected chi connectivity index (χ4v) is 2.57. The third-order valence-electron chi connectivity index (χ3n) is 4.11. The van der Waals surface area contributed by atoms with Crippen LogP contribution in [0.1, 0.15) is 45.6 Å². The second kappa shape index (κ2) is 8.65. The molecule has 0 saturated carbocycles. The van der Waals surface area contributed by atoms with E-state index in [-0.39, 0.29) is 17.7 Å². The van der Waals surface area contributed by atoms with E-state index in [1.54, 1.807) is 10.9 Å². The van der Waals surface area contributed by atoms with Gasteiger partial charge in [-0.15, -0.1) is 0 Å². The summed E-state index contributed by atoms with van der Waals surface area (Å²) in [4.78, 5) is 23.5. The molecule has 1 amide bonds. The molecule has 1 unspecified atom stereocenters. The first kappa shape index (κ1) is 19.7. The average molecular weight is 357 g/mol. The number of nitrogens with one attached hydrogen (secondary N) is 1. The zero-order chi connectivity index (χ0) is 19.2. The van der Waals surface area contributed by atoms with Crippen molar-refractivity contribution in [2.45, 2.75) is 52.5 Å². The van der Waals surface area contributed by atoms with Crippen LogP contribution in [-0.4, -0.2) is 32.8 Å². The molecule has 0 aliphatic carbocycles. The largest absolute Gasteiger partial charge is 0.480 e. The van der Waals surface area contributed by atoms with E-state index < -0.39 is 12.0 Å². The number of carbonyl (C=O) groups is 2. The Morgan fingerprint density at radius 1 is 1.23 bits per heavy atom. The third kappa shape index (κ3) is 6.35. The minimum atomic E-state index is -0.987. The lowest BCUT2D eigenvalue weighted by atomic mass is 9.88. The smallest absolute Gasteiger partial charge is 0.326 e. The Morgan fingerprint density at radius 3 is 2.54 bits per heavy atom. The predicted molar refractivity (Wildman–Crippen MR) is 100 cm³/mol. The number of hydrogen-bond acceptors (Lipinski definition) is 3. The Kier molecular flexibility index (Phi) is 6.55. The van der Waals surface area contributed by atoms with Crippen molar-refractivity contribution in [3.63, 3.8) is 0 Å². The number of amides is 1. The Labute approximate surface area is 154 Å². The van der Waals surface area contributed by atoms with Gasteiger partial charge in [0.1, 0.15) is 6.04 Å². The van der Waals surface area contributed by atoms with Gasteiger partial charge in [0, 0.05) is 12.6 Å². The lowest BCUT2D eigenvalue weighted by Gasteiger charge is -2.21. The fourth-order valence-electron chi connectivity index (χ4n) is 2.57. The van der Waals surface area contributed by atoms with Crippen molar-refractivity contribution in [2.24, 2.45) is 5.41 Å². The second-order valence-corrected chi connectivity index (χ2v) is 7.69. The van der Waals surface area contributed by atoms with Gasteiger partial charge in [0.05, 0.1) is 11.9 Å². The number of aryl methyl sites for hydroxylation is 1. The van der Waals surface area contributed by atoms with Crippen molar-refractivity contribution in [1.29, 1.82) is 0 Å². The molecule has 2 rings (SSSR count). The summed E-state index contributed by atoms with van der Waals surface area (Å²) in [5, 5.41) is 16.2. The Bertz CT molecular complexity index is 732. The van der Waals surface area contributed by atoms with E-state index in [4.69, 9.17) is 0 Å². The molecule has 26 heavy (non-hydrogen) atoms. The molecule has 1 atom stereocenters. The molecule has 0 saturated heterocycles. The van der Waals surface area contributed by atoms with Crippen LogP contribution in [0.4, 0.5) is 0 Å². The molecule has 0 aliphatic rings. The SMILES string of the molecule is CC(C)(C)CCC(NC(=O)CCc1cnn(-c2ccccc2)c1)C(=O)O. The number of hydrogen-bond donors (Lipinski definition) is 2. The van der Waals surface area contributed by atoms with Gasteiger partial charge < -0.3 is 10.4 Å². The topological polar surface area (TPSA) is 84.2 Å². The van der Waals surface area contributed by atoms with E-state index in [9.17, 15) is 14.7 Å². The molecular formula is C20H27N3O3. The van der Waals surface area contributed by atoms with Gasteiger partial charge in [-0.1, -0.05) is 39.0 Å². The van der Waals surface area contributed by atoms with Gasteiger partial charge >= 0.3 is 5.97 Å². The average Bonchev–Trinajstić information content (AvgIpc) is 3.05. The first-order valence-electron chi connectivity index (χ1n) is 8.86. The number of para-hydroxylation sites is 1. The molecular weight excluding hydrogens is 330 g/mol. The van der Waals surface area contributed by atoms with Gasteiger partial charge in [-0.2, -0.15) is 5.10 Å². The van der Waals surface area contributed by atoms with Crippen LogP contribution in [0, 0.1) is 5.41 Å². The van der Waals surface area contributed by atoms with E-state index in [0.717, 1.165) is 17.7 Å². The lowest BCUT2D eigenvalue weighted by molar-refractivity contribution is -0.142. The van der Waals surface area contributed by atoms with Crippen LogP contribution in [0.3, 0.4) is 0 Å². The number of carboxylic acids is 1. The Balaban J connectivity index is 1.86. The van der Waals surface area contributed by atoms with Crippen molar-refractivity contribution in [3.05, 3.63) is 48.3 Å². The molecule has 6 heteroatoms. The first-order chi connectivity index (χ1) is 12.2. The molecule has 0 aliphatic heterocycles. The number of rotatable bonds is 8. The summed E-state index contributed by atoms with van der Waals surface area (Å²) < 4.78 is 1.76. The van der Waals surface area contributed by atoms with E-state index in [0.29, 0.717) is 12.8 Å². The summed E-state index contributed by atoms with van der Waals surface area (Å²) >= 11 is 0. The highest BCUT2D eigenvalue weighted by Crippen LogP contribution is 2.21. The molecule has 1 aromatic carbocycles. The highest BCUT2D eigenvalue weighted by Gasteiger charge is 2.22. The summed E-state index contributed by atoms with van der Waals surface area (Å²) in [5.41, 5.74) is 1.92. The van der Waals surface area contributed by atoms with E-state index >= 15 is 0 Å². The van der Waals surface area contributed by atoms with Crippen LogP contribution >= 0.6 is 0 Å². The van der Waals surface area contributed by atoms with Crippen molar-refractivity contribution >= 4 is 11.9 Å². The molecule has 0 bridgehead atoms. The molecule has 1 aromatic heterocycles. The maximum absolute atomic E-state index is 12.1. The summed E-state index contributed by atoms with van der Waals surface area (Å²) in [6, 6.07) is 8.89. The molecule has 140 valence electrons.